The molecule has 7 heteroatoms. The van der Waals surface area contributed by atoms with E-state index >= 15 is 0 Å². The summed E-state index contributed by atoms with van der Waals surface area (Å²) in [5, 5.41) is 10.8. The quantitative estimate of drug-likeness (QED) is 0.373. The van der Waals surface area contributed by atoms with Gasteiger partial charge in [0.1, 0.15) is 11.3 Å². The Bertz CT molecular complexity index is 726. The van der Waals surface area contributed by atoms with Crippen LogP contribution in [0.5, 0.6) is 5.75 Å². The van der Waals surface area contributed by atoms with Crippen LogP contribution >= 0.6 is 0 Å². The third kappa shape index (κ3) is 3.26. The Labute approximate surface area is 125 Å². The van der Waals surface area contributed by atoms with Crippen LogP contribution in [0.3, 0.4) is 0 Å². The largest absolute Gasteiger partial charge is 0.465 e. The van der Waals surface area contributed by atoms with Gasteiger partial charge >= 0.3 is 11.9 Å². The zero-order valence-electron chi connectivity index (χ0n) is 11.5. The van der Waals surface area contributed by atoms with E-state index in [2.05, 4.69) is 4.74 Å². The van der Waals surface area contributed by atoms with E-state index in [0.29, 0.717) is 0 Å². The topological polar surface area (TPSA) is 95.7 Å². The van der Waals surface area contributed by atoms with E-state index in [4.69, 9.17) is 4.74 Å². The van der Waals surface area contributed by atoms with Gasteiger partial charge in [-0.2, -0.15) is 0 Å². The minimum atomic E-state index is -0.834. The van der Waals surface area contributed by atoms with Crippen molar-refractivity contribution >= 4 is 17.6 Å². The maximum atomic E-state index is 12.0. The molecule has 0 aliphatic rings. The van der Waals surface area contributed by atoms with Crippen LogP contribution in [0.25, 0.3) is 0 Å². The minimum absolute atomic E-state index is 0.105. The number of nitro groups is 1. The third-order valence-corrected chi connectivity index (χ3v) is 2.79. The molecule has 0 amide bonds. The van der Waals surface area contributed by atoms with Gasteiger partial charge in [-0.05, 0) is 18.2 Å². The zero-order valence-corrected chi connectivity index (χ0v) is 11.5. The van der Waals surface area contributed by atoms with Crippen molar-refractivity contribution in [3.63, 3.8) is 0 Å². The van der Waals surface area contributed by atoms with Crippen molar-refractivity contribution in [3.05, 3.63) is 69.8 Å². The molecule has 7 nitrogen and oxygen atoms in total. The molecule has 2 aromatic rings. The Kier molecular flexibility index (Phi) is 4.47. The van der Waals surface area contributed by atoms with E-state index < -0.39 is 16.9 Å². The molecule has 0 aliphatic carbocycles. The van der Waals surface area contributed by atoms with Gasteiger partial charge in [-0.1, -0.05) is 18.2 Å². The van der Waals surface area contributed by atoms with Crippen LogP contribution in [0.1, 0.15) is 20.7 Å². The minimum Gasteiger partial charge on any atom is -0.465 e. The summed E-state index contributed by atoms with van der Waals surface area (Å²) in [6.45, 7) is 0. The molecule has 0 radical (unpaired) electrons. The highest BCUT2D eigenvalue weighted by Gasteiger charge is 2.20. The predicted molar refractivity (Wildman–Crippen MR) is 75.8 cm³/mol. The molecule has 0 aromatic heterocycles. The van der Waals surface area contributed by atoms with Crippen molar-refractivity contribution in [1.29, 1.82) is 0 Å². The molecule has 2 aromatic carbocycles. The van der Waals surface area contributed by atoms with E-state index in [1.165, 1.54) is 6.07 Å². The number of non-ortho nitro benzene ring substituents is 1. The molecule has 0 saturated heterocycles. The Morgan fingerprint density at radius 2 is 1.73 bits per heavy atom. The first kappa shape index (κ1) is 15.2. The van der Waals surface area contributed by atoms with E-state index in [-0.39, 0.29) is 22.6 Å². The summed E-state index contributed by atoms with van der Waals surface area (Å²) in [5.74, 6) is -1.62. The fourth-order valence-corrected chi connectivity index (χ4v) is 1.72. The van der Waals surface area contributed by atoms with E-state index in [0.717, 1.165) is 19.2 Å². The van der Waals surface area contributed by atoms with Crippen molar-refractivity contribution < 1.29 is 24.0 Å². The third-order valence-electron chi connectivity index (χ3n) is 2.79. The predicted octanol–water partition coefficient (Wildman–Crippen LogP) is 2.60. The smallest absolute Gasteiger partial charge is 0.343 e. The number of carbonyl (C=O) groups is 2. The van der Waals surface area contributed by atoms with Gasteiger partial charge in [0.05, 0.1) is 17.6 Å². The van der Waals surface area contributed by atoms with Crippen molar-refractivity contribution in [2.45, 2.75) is 0 Å². The van der Waals surface area contributed by atoms with Gasteiger partial charge in [-0.3, -0.25) is 10.1 Å². The van der Waals surface area contributed by atoms with Crippen LogP contribution < -0.4 is 4.74 Å². The zero-order chi connectivity index (χ0) is 16.1. The van der Waals surface area contributed by atoms with Crippen LogP contribution in [0.2, 0.25) is 0 Å². The first-order valence-corrected chi connectivity index (χ1v) is 6.17. The van der Waals surface area contributed by atoms with Crippen molar-refractivity contribution in [2.24, 2.45) is 0 Å². The second kappa shape index (κ2) is 6.49. The van der Waals surface area contributed by atoms with Gasteiger partial charge in [0.25, 0.3) is 5.69 Å². The molecule has 0 atom stereocenters. The fraction of sp³-hybridized carbons (Fsp3) is 0.0667. The number of esters is 2. The number of hydrogen-bond acceptors (Lipinski definition) is 6. The lowest BCUT2D eigenvalue weighted by Crippen LogP contribution is -2.12. The maximum absolute atomic E-state index is 12.0. The van der Waals surface area contributed by atoms with E-state index in [1.54, 1.807) is 30.3 Å². The molecule has 22 heavy (non-hydrogen) atoms. The van der Waals surface area contributed by atoms with Gasteiger partial charge < -0.3 is 9.47 Å². The molecule has 0 heterocycles. The number of nitro benzene ring substituents is 1. The van der Waals surface area contributed by atoms with Crippen molar-refractivity contribution in [2.75, 3.05) is 7.11 Å². The molecule has 0 saturated carbocycles. The van der Waals surface area contributed by atoms with Crippen LogP contribution in [-0.2, 0) is 4.74 Å². The lowest BCUT2D eigenvalue weighted by Gasteiger charge is -2.08. The average Bonchev–Trinajstić information content (AvgIpc) is 2.55. The lowest BCUT2D eigenvalue weighted by atomic mass is 10.1. The number of rotatable bonds is 4. The number of methoxy groups -OCH3 is 1. The van der Waals surface area contributed by atoms with Crippen molar-refractivity contribution in [1.82, 2.24) is 0 Å². The summed E-state index contributed by atoms with van der Waals surface area (Å²) >= 11 is 0. The summed E-state index contributed by atoms with van der Waals surface area (Å²) < 4.78 is 9.67. The number of carbonyl (C=O) groups excluding carboxylic acids is 2. The summed E-state index contributed by atoms with van der Waals surface area (Å²) in [5.41, 5.74) is -0.211. The first-order valence-electron chi connectivity index (χ1n) is 6.17. The Balaban J connectivity index is 2.36. The van der Waals surface area contributed by atoms with Gasteiger partial charge in [-0.25, -0.2) is 9.59 Å². The molecule has 0 bridgehead atoms. The van der Waals surface area contributed by atoms with Gasteiger partial charge in [0.15, 0.2) is 0 Å². The van der Waals surface area contributed by atoms with Crippen LogP contribution in [0.4, 0.5) is 5.69 Å². The second-order valence-electron chi connectivity index (χ2n) is 4.18. The molecule has 0 unspecified atom stereocenters. The Hall–Kier alpha value is -3.22. The molecular weight excluding hydrogens is 290 g/mol. The molecule has 0 spiro atoms. The highest BCUT2D eigenvalue weighted by molar-refractivity contribution is 5.96. The lowest BCUT2D eigenvalue weighted by molar-refractivity contribution is -0.384. The molecule has 112 valence electrons. The fourth-order valence-electron chi connectivity index (χ4n) is 1.72. The number of ether oxygens (including phenoxy) is 2. The summed E-state index contributed by atoms with van der Waals surface area (Å²) in [7, 11) is 1.13. The van der Waals surface area contributed by atoms with E-state index in [1.807, 2.05) is 0 Å². The van der Waals surface area contributed by atoms with Crippen LogP contribution in [0, 0.1) is 10.1 Å². The monoisotopic (exact) mass is 301 g/mol. The van der Waals surface area contributed by atoms with Gasteiger partial charge in [0.2, 0.25) is 0 Å². The average molecular weight is 301 g/mol. The Morgan fingerprint density at radius 3 is 2.32 bits per heavy atom. The first-order chi connectivity index (χ1) is 10.5. The molecule has 0 fully saturated rings. The Morgan fingerprint density at radius 1 is 1.05 bits per heavy atom. The van der Waals surface area contributed by atoms with Gasteiger partial charge in [0, 0.05) is 12.1 Å². The number of benzene rings is 2. The maximum Gasteiger partial charge on any atom is 0.343 e. The summed E-state index contributed by atoms with van der Waals surface area (Å²) in [6.07, 6.45) is 0. The van der Waals surface area contributed by atoms with E-state index in [9.17, 15) is 19.7 Å². The van der Waals surface area contributed by atoms with Crippen molar-refractivity contribution in [3.8, 4) is 5.75 Å². The van der Waals surface area contributed by atoms with Crippen LogP contribution in [-0.4, -0.2) is 24.0 Å². The highest BCUT2D eigenvalue weighted by Crippen LogP contribution is 2.25. The molecule has 0 N–H and O–H groups in total. The molecule has 2 rings (SSSR count). The highest BCUT2D eigenvalue weighted by atomic mass is 16.6. The molecular formula is C15H11NO6. The second-order valence-corrected chi connectivity index (χ2v) is 4.18. The SMILES string of the molecule is COC(=O)c1cc([N+](=O)[O-])ccc1OC(=O)c1ccccc1. The number of hydrogen-bond donors (Lipinski definition) is 0. The number of nitrogens with zero attached hydrogens (tertiary/aromatic N) is 1. The summed E-state index contributed by atoms with van der Waals surface area (Å²) in [6, 6.07) is 11.5. The normalized spacial score (nSPS) is 9.86. The summed E-state index contributed by atoms with van der Waals surface area (Å²) in [4.78, 5) is 33.8. The standard InChI is InChI=1S/C15H11NO6/c1-21-15(18)12-9-11(16(19)20)7-8-13(12)22-14(17)10-5-3-2-4-6-10/h2-9H,1H3. The van der Waals surface area contributed by atoms with Gasteiger partial charge in [-0.15, -0.1) is 0 Å². The van der Waals surface area contributed by atoms with Crippen LogP contribution in [0.15, 0.2) is 48.5 Å². The molecule has 0 aliphatic heterocycles.